The molecule has 1 unspecified atom stereocenters. The highest BCUT2D eigenvalue weighted by Gasteiger charge is 2.35. The van der Waals surface area contributed by atoms with Crippen LogP contribution in [-0.2, 0) is 9.53 Å². The number of hydrogen-bond donors (Lipinski definition) is 1. The van der Waals surface area contributed by atoms with Crippen molar-refractivity contribution < 1.29 is 19.1 Å². The smallest absolute Gasteiger partial charge is 0.261 e. The quantitative estimate of drug-likeness (QED) is 0.702. The lowest BCUT2D eigenvalue weighted by Crippen LogP contribution is -2.44. The molecule has 0 aliphatic carbocycles. The van der Waals surface area contributed by atoms with E-state index in [9.17, 15) is 14.4 Å². The summed E-state index contributed by atoms with van der Waals surface area (Å²) in [5, 5.41) is 5.01. The minimum atomic E-state index is -0.330. The lowest BCUT2D eigenvalue weighted by Gasteiger charge is -2.34. The number of benzene rings is 1. The Hall–Kier alpha value is -2.55. The first-order chi connectivity index (χ1) is 14.1. The van der Waals surface area contributed by atoms with Crippen LogP contribution in [0.4, 0.5) is 0 Å². The second-order valence-corrected chi connectivity index (χ2v) is 8.02. The van der Waals surface area contributed by atoms with Gasteiger partial charge in [0.05, 0.1) is 30.4 Å². The second-order valence-electron chi connectivity index (χ2n) is 7.04. The van der Waals surface area contributed by atoms with Gasteiger partial charge >= 0.3 is 0 Å². The topological polar surface area (TPSA) is 79.0 Å². The number of fused-ring (bicyclic) bond motifs is 1. The van der Waals surface area contributed by atoms with E-state index in [-0.39, 0.29) is 36.7 Å². The van der Waals surface area contributed by atoms with E-state index in [1.807, 2.05) is 11.4 Å². The summed E-state index contributed by atoms with van der Waals surface area (Å²) in [6.45, 7) is 3.60. The van der Waals surface area contributed by atoms with Gasteiger partial charge in [0, 0.05) is 37.5 Å². The largest absolute Gasteiger partial charge is 0.379 e. The number of morpholine rings is 1. The molecule has 0 spiro atoms. The van der Waals surface area contributed by atoms with E-state index in [1.165, 1.54) is 4.88 Å². The van der Waals surface area contributed by atoms with Crippen LogP contribution in [0.2, 0.25) is 0 Å². The Morgan fingerprint density at radius 2 is 1.76 bits per heavy atom. The summed E-state index contributed by atoms with van der Waals surface area (Å²) in [6, 6.07) is 10.9. The van der Waals surface area contributed by atoms with Crippen LogP contribution in [0.15, 0.2) is 41.8 Å². The third-order valence-corrected chi connectivity index (χ3v) is 6.26. The highest BCUT2D eigenvalue weighted by molar-refractivity contribution is 7.10. The molecule has 1 N–H and O–H groups in total. The van der Waals surface area contributed by atoms with E-state index >= 15 is 0 Å². The number of amides is 3. The molecule has 7 nitrogen and oxygen atoms in total. The summed E-state index contributed by atoms with van der Waals surface area (Å²) in [5.41, 5.74) is 0.811. The predicted octanol–water partition coefficient (Wildman–Crippen LogP) is 1.92. The van der Waals surface area contributed by atoms with Crippen molar-refractivity contribution in [3.05, 3.63) is 57.8 Å². The van der Waals surface area contributed by atoms with E-state index in [0.717, 1.165) is 18.0 Å². The van der Waals surface area contributed by atoms with Crippen molar-refractivity contribution in [3.8, 4) is 0 Å². The van der Waals surface area contributed by atoms with Gasteiger partial charge in [-0.1, -0.05) is 18.2 Å². The number of carbonyl (C=O) groups is 3. The number of nitrogens with one attached hydrogen (secondary N) is 1. The number of imide groups is 1. The molecule has 0 radical (unpaired) electrons. The third kappa shape index (κ3) is 4.24. The Morgan fingerprint density at radius 3 is 2.38 bits per heavy atom. The van der Waals surface area contributed by atoms with Gasteiger partial charge in [-0.05, 0) is 23.6 Å². The Bertz CT molecular complexity index is 858. The zero-order valence-electron chi connectivity index (χ0n) is 16.0. The van der Waals surface area contributed by atoms with Crippen molar-refractivity contribution in [1.82, 2.24) is 15.1 Å². The number of thiophene rings is 1. The van der Waals surface area contributed by atoms with Gasteiger partial charge < -0.3 is 10.1 Å². The molecular formula is C21H23N3O4S. The highest BCUT2D eigenvalue weighted by atomic mass is 32.1. The second kappa shape index (κ2) is 8.86. The lowest BCUT2D eigenvalue weighted by atomic mass is 10.1. The minimum Gasteiger partial charge on any atom is -0.379 e. The molecule has 3 heterocycles. The van der Waals surface area contributed by atoms with Gasteiger partial charge in [-0.25, -0.2) is 0 Å². The van der Waals surface area contributed by atoms with Crippen molar-refractivity contribution >= 4 is 29.1 Å². The number of hydrogen-bond acceptors (Lipinski definition) is 6. The fourth-order valence-electron chi connectivity index (χ4n) is 3.73. The van der Waals surface area contributed by atoms with E-state index in [2.05, 4.69) is 16.3 Å². The zero-order valence-corrected chi connectivity index (χ0v) is 16.8. The molecule has 3 amide bonds. The normalized spacial score (nSPS) is 18.0. The van der Waals surface area contributed by atoms with E-state index in [4.69, 9.17) is 4.74 Å². The summed E-state index contributed by atoms with van der Waals surface area (Å²) in [6.07, 6.45) is 0.0890. The monoisotopic (exact) mass is 413 g/mol. The van der Waals surface area contributed by atoms with Gasteiger partial charge in [-0.15, -0.1) is 11.3 Å². The van der Waals surface area contributed by atoms with Crippen molar-refractivity contribution in [2.75, 3.05) is 39.4 Å². The highest BCUT2D eigenvalue weighted by Crippen LogP contribution is 2.26. The van der Waals surface area contributed by atoms with Crippen LogP contribution in [0.1, 0.15) is 38.1 Å². The van der Waals surface area contributed by atoms with E-state index in [0.29, 0.717) is 30.9 Å². The van der Waals surface area contributed by atoms with Crippen LogP contribution in [0.25, 0.3) is 0 Å². The van der Waals surface area contributed by atoms with Gasteiger partial charge in [0.2, 0.25) is 5.91 Å². The number of nitrogens with zero attached hydrogens (tertiary/aromatic N) is 2. The summed E-state index contributed by atoms with van der Waals surface area (Å²) in [5.74, 6) is -0.831. The zero-order chi connectivity index (χ0) is 20.2. The Labute approximate surface area is 173 Å². The maximum atomic E-state index is 12.4. The van der Waals surface area contributed by atoms with Crippen molar-refractivity contribution in [2.45, 2.75) is 12.5 Å². The first kappa shape index (κ1) is 19.8. The third-order valence-electron chi connectivity index (χ3n) is 5.29. The number of ether oxygens (including phenoxy) is 1. The average molecular weight is 413 g/mol. The Morgan fingerprint density at radius 1 is 1.07 bits per heavy atom. The number of rotatable bonds is 7. The van der Waals surface area contributed by atoms with Crippen LogP contribution >= 0.6 is 11.3 Å². The first-order valence-electron chi connectivity index (χ1n) is 9.72. The molecule has 2 aliphatic rings. The Balaban J connectivity index is 1.32. The van der Waals surface area contributed by atoms with Gasteiger partial charge in [0.25, 0.3) is 11.8 Å². The van der Waals surface area contributed by atoms with Gasteiger partial charge in [-0.3, -0.25) is 24.2 Å². The first-order valence-corrected chi connectivity index (χ1v) is 10.6. The van der Waals surface area contributed by atoms with Crippen LogP contribution in [0.3, 0.4) is 0 Å². The summed E-state index contributed by atoms with van der Waals surface area (Å²) in [4.78, 5) is 41.9. The maximum absolute atomic E-state index is 12.4. The minimum absolute atomic E-state index is 0.0827. The molecule has 2 aromatic rings. The maximum Gasteiger partial charge on any atom is 0.261 e. The molecule has 1 aromatic carbocycles. The van der Waals surface area contributed by atoms with E-state index in [1.54, 1.807) is 35.6 Å². The molecule has 0 bridgehead atoms. The molecule has 1 saturated heterocycles. The standard InChI is InChI=1S/C21H23N3O4S/c25-19(7-8-24-20(26)15-4-1-2-5-16(15)21(24)27)22-14-17(18-6-3-13-29-18)23-9-11-28-12-10-23/h1-6,13,17H,7-12,14H2,(H,22,25). The SMILES string of the molecule is O=C(CCN1C(=O)c2ccccc2C1=O)NCC(c1cccs1)N1CCOCC1. The van der Waals surface area contributed by atoms with Gasteiger partial charge in [0.1, 0.15) is 0 Å². The molecule has 4 rings (SSSR count). The van der Waals surface area contributed by atoms with Crippen LogP contribution in [0.5, 0.6) is 0 Å². The summed E-state index contributed by atoms with van der Waals surface area (Å²) >= 11 is 1.67. The lowest BCUT2D eigenvalue weighted by molar-refractivity contribution is -0.121. The Kier molecular flexibility index (Phi) is 6.03. The van der Waals surface area contributed by atoms with Crippen LogP contribution in [-0.4, -0.2) is 66.9 Å². The molecule has 1 fully saturated rings. The fraction of sp³-hybridized carbons (Fsp3) is 0.381. The van der Waals surface area contributed by atoms with Gasteiger partial charge in [-0.2, -0.15) is 0 Å². The average Bonchev–Trinajstić information content (AvgIpc) is 3.36. The molecule has 8 heteroatoms. The fourth-order valence-corrected chi connectivity index (χ4v) is 4.60. The molecule has 29 heavy (non-hydrogen) atoms. The molecule has 152 valence electrons. The van der Waals surface area contributed by atoms with Crippen LogP contribution in [0, 0.1) is 0 Å². The summed E-state index contributed by atoms with van der Waals surface area (Å²) in [7, 11) is 0. The van der Waals surface area contributed by atoms with Crippen molar-refractivity contribution in [3.63, 3.8) is 0 Å². The van der Waals surface area contributed by atoms with Crippen molar-refractivity contribution in [1.29, 1.82) is 0 Å². The van der Waals surface area contributed by atoms with E-state index < -0.39 is 0 Å². The van der Waals surface area contributed by atoms with Gasteiger partial charge in [0.15, 0.2) is 0 Å². The molecule has 1 aromatic heterocycles. The molecule has 0 saturated carbocycles. The summed E-state index contributed by atoms with van der Waals surface area (Å²) < 4.78 is 5.44. The molecule has 2 aliphatic heterocycles. The molecular weight excluding hydrogens is 390 g/mol. The number of carbonyl (C=O) groups excluding carboxylic acids is 3. The van der Waals surface area contributed by atoms with Crippen LogP contribution < -0.4 is 5.32 Å². The van der Waals surface area contributed by atoms with Crippen molar-refractivity contribution in [2.24, 2.45) is 0 Å². The predicted molar refractivity (Wildman–Crippen MR) is 109 cm³/mol. The molecule has 1 atom stereocenters.